The SMILES string of the molecule is CCc1ccccc1CC(=O)N1CC(OC)CC1C(=O)O. The molecule has 1 saturated heterocycles. The van der Waals surface area contributed by atoms with E-state index in [0.29, 0.717) is 13.0 Å². The molecule has 1 aliphatic heterocycles. The van der Waals surface area contributed by atoms with Crippen molar-refractivity contribution in [3.8, 4) is 0 Å². The molecule has 1 aromatic carbocycles. The van der Waals surface area contributed by atoms with Crippen molar-refractivity contribution in [1.82, 2.24) is 4.90 Å². The molecule has 21 heavy (non-hydrogen) atoms. The Bertz CT molecular complexity index is 529. The summed E-state index contributed by atoms with van der Waals surface area (Å²) in [6.07, 6.45) is 1.25. The third-order valence-corrected chi connectivity index (χ3v) is 4.04. The highest BCUT2D eigenvalue weighted by molar-refractivity contribution is 5.86. The summed E-state index contributed by atoms with van der Waals surface area (Å²) < 4.78 is 5.21. The maximum absolute atomic E-state index is 12.5. The molecule has 2 rings (SSSR count). The molecular weight excluding hydrogens is 270 g/mol. The number of nitrogens with zero attached hydrogens (tertiary/aromatic N) is 1. The summed E-state index contributed by atoms with van der Waals surface area (Å²) in [5.74, 6) is -1.12. The Morgan fingerprint density at radius 3 is 2.57 bits per heavy atom. The van der Waals surface area contributed by atoms with Gasteiger partial charge in [-0.15, -0.1) is 0 Å². The van der Waals surface area contributed by atoms with E-state index < -0.39 is 12.0 Å². The Kier molecular flexibility index (Phi) is 4.96. The van der Waals surface area contributed by atoms with Crippen LogP contribution < -0.4 is 0 Å². The number of benzene rings is 1. The maximum atomic E-state index is 12.5. The number of carboxylic acids is 1. The lowest BCUT2D eigenvalue weighted by atomic mass is 10.0. The normalized spacial score (nSPS) is 21.5. The largest absolute Gasteiger partial charge is 0.480 e. The number of carbonyl (C=O) groups excluding carboxylic acids is 1. The second kappa shape index (κ2) is 6.72. The van der Waals surface area contributed by atoms with Gasteiger partial charge in [0.05, 0.1) is 12.5 Å². The summed E-state index contributed by atoms with van der Waals surface area (Å²) in [5, 5.41) is 9.26. The molecule has 0 aromatic heterocycles. The fourth-order valence-electron chi connectivity index (χ4n) is 2.82. The van der Waals surface area contributed by atoms with Gasteiger partial charge in [-0.2, -0.15) is 0 Å². The Morgan fingerprint density at radius 1 is 1.33 bits per heavy atom. The number of ether oxygens (including phenoxy) is 1. The van der Waals surface area contributed by atoms with Crippen molar-refractivity contribution in [2.24, 2.45) is 0 Å². The van der Waals surface area contributed by atoms with Gasteiger partial charge >= 0.3 is 5.97 Å². The van der Waals surface area contributed by atoms with Crippen molar-refractivity contribution in [2.45, 2.75) is 38.3 Å². The minimum absolute atomic E-state index is 0.150. The van der Waals surface area contributed by atoms with Crippen LogP contribution in [-0.4, -0.2) is 47.7 Å². The van der Waals surface area contributed by atoms with Gasteiger partial charge in [0.2, 0.25) is 5.91 Å². The lowest BCUT2D eigenvalue weighted by molar-refractivity contribution is -0.148. The molecule has 1 amide bonds. The minimum atomic E-state index is -0.966. The molecule has 5 nitrogen and oxygen atoms in total. The van der Waals surface area contributed by atoms with Gasteiger partial charge in [0.15, 0.2) is 0 Å². The third kappa shape index (κ3) is 3.42. The van der Waals surface area contributed by atoms with Gasteiger partial charge in [0.25, 0.3) is 0 Å². The number of carboxylic acid groups (broad SMARTS) is 1. The minimum Gasteiger partial charge on any atom is -0.480 e. The molecule has 0 spiro atoms. The van der Waals surface area contributed by atoms with Crippen LogP contribution in [0.3, 0.4) is 0 Å². The van der Waals surface area contributed by atoms with Gasteiger partial charge in [0.1, 0.15) is 6.04 Å². The van der Waals surface area contributed by atoms with Crippen LogP contribution in [0.1, 0.15) is 24.5 Å². The van der Waals surface area contributed by atoms with E-state index in [-0.39, 0.29) is 18.4 Å². The zero-order valence-electron chi connectivity index (χ0n) is 12.4. The predicted molar refractivity (Wildman–Crippen MR) is 78.1 cm³/mol. The molecule has 1 N–H and O–H groups in total. The Hall–Kier alpha value is -1.88. The standard InChI is InChI=1S/C16H21NO4/c1-3-11-6-4-5-7-12(11)8-15(18)17-10-13(21-2)9-14(17)16(19)20/h4-7,13-14H,3,8-10H2,1-2H3,(H,19,20). The van der Waals surface area contributed by atoms with Crippen LogP contribution in [0, 0.1) is 0 Å². The second-order valence-electron chi connectivity index (χ2n) is 5.29. The van der Waals surface area contributed by atoms with Crippen LogP contribution in [0.5, 0.6) is 0 Å². The van der Waals surface area contributed by atoms with E-state index in [0.717, 1.165) is 17.5 Å². The van der Waals surface area contributed by atoms with E-state index in [4.69, 9.17) is 4.74 Å². The van der Waals surface area contributed by atoms with E-state index >= 15 is 0 Å². The molecule has 2 unspecified atom stereocenters. The highest BCUT2D eigenvalue weighted by Crippen LogP contribution is 2.22. The topological polar surface area (TPSA) is 66.8 Å². The highest BCUT2D eigenvalue weighted by atomic mass is 16.5. The fraction of sp³-hybridized carbons (Fsp3) is 0.500. The molecule has 0 radical (unpaired) electrons. The number of likely N-dealkylation sites (tertiary alicyclic amines) is 1. The molecule has 0 bridgehead atoms. The van der Waals surface area contributed by atoms with Crippen molar-refractivity contribution < 1.29 is 19.4 Å². The van der Waals surface area contributed by atoms with E-state index in [2.05, 4.69) is 0 Å². The highest BCUT2D eigenvalue weighted by Gasteiger charge is 2.39. The summed E-state index contributed by atoms with van der Waals surface area (Å²) in [5.41, 5.74) is 2.09. The first-order chi connectivity index (χ1) is 10.1. The summed E-state index contributed by atoms with van der Waals surface area (Å²) in [6.45, 7) is 2.39. The predicted octanol–water partition coefficient (Wildman–Crippen LogP) is 1.49. The lowest BCUT2D eigenvalue weighted by Crippen LogP contribution is -2.41. The number of aryl methyl sites for hydroxylation is 1. The van der Waals surface area contributed by atoms with Crippen LogP contribution in [0.25, 0.3) is 0 Å². The van der Waals surface area contributed by atoms with Crippen molar-refractivity contribution in [3.63, 3.8) is 0 Å². The lowest BCUT2D eigenvalue weighted by Gasteiger charge is -2.21. The van der Waals surface area contributed by atoms with Gasteiger partial charge < -0.3 is 14.7 Å². The number of carbonyl (C=O) groups is 2. The van der Waals surface area contributed by atoms with Crippen molar-refractivity contribution in [1.29, 1.82) is 0 Å². The molecule has 1 fully saturated rings. The molecule has 2 atom stereocenters. The number of rotatable bonds is 5. The van der Waals surface area contributed by atoms with Crippen LogP contribution >= 0.6 is 0 Å². The Balaban J connectivity index is 2.13. The number of hydrogen-bond donors (Lipinski definition) is 1. The Morgan fingerprint density at radius 2 is 2.00 bits per heavy atom. The zero-order valence-corrected chi connectivity index (χ0v) is 12.4. The molecule has 1 heterocycles. The monoisotopic (exact) mass is 291 g/mol. The average molecular weight is 291 g/mol. The van der Waals surface area contributed by atoms with Crippen LogP contribution in [0.4, 0.5) is 0 Å². The van der Waals surface area contributed by atoms with Gasteiger partial charge in [-0.3, -0.25) is 4.79 Å². The smallest absolute Gasteiger partial charge is 0.326 e. The number of hydrogen-bond acceptors (Lipinski definition) is 3. The van der Waals surface area contributed by atoms with Crippen molar-refractivity contribution in [3.05, 3.63) is 35.4 Å². The van der Waals surface area contributed by atoms with Crippen LogP contribution in [0.15, 0.2) is 24.3 Å². The molecular formula is C16H21NO4. The summed E-state index contributed by atoms with van der Waals surface area (Å²) in [6, 6.07) is 6.99. The van der Waals surface area contributed by atoms with Crippen LogP contribution in [0.2, 0.25) is 0 Å². The van der Waals surface area contributed by atoms with E-state index in [1.165, 1.54) is 4.90 Å². The first-order valence-electron chi connectivity index (χ1n) is 7.18. The van der Waals surface area contributed by atoms with Gasteiger partial charge in [-0.25, -0.2) is 4.79 Å². The van der Waals surface area contributed by atoms with Crippen molar-refractivity contribution >= 4 is 11.9 Å². The number of methoxy groups -OCH3 is 1. The third-order valence-electron chi connectivity index (χ3n) is 4.04. The molecule has 114 valence electrons. The van der Waals surface area contributed by atoms with Gasteiger partial charge in [-0.1, -0.05) is 31.2 Å². The van der Waals surface area contributed by atoms with E-state index in [1.54, 1.807) is 7.11 Å². The average Bonchev–Trinajstić information content (AvgIpc) is 2.92. The Labute approximate surface area is 124 Å². The van der Waals surface area contributed by atoms with Crippen molar-refractivity contribution in [2.75, 3.05) is 13.7 Å². The second-order valence-corrected chi connectivity index (χ2v) is 5.29. The molecule has 5 heteroatoms. The molecule has 1 aliphatic rings. The van der Waals surface area contributed by atoms with E-state index in [1.807, 2.05) is 31.2 Å². The van der Waals surface area contributed by atoms with Crippen LogP contribution in [-0.2, 0) is 27.2 Å². The fourth-order valence-corrected chi connectivity index (χ4v) is 2.82. The molecule has 0 aliphatic carbocycles. The summed E-state index contributed by atoms with van der Waals surface area (Å²) in [4.78, 5) is 25.2. The van der Waals surface area contributed by atoms with Gasteiger partial charge in [0, 0.05) is 20.1 Å². The first kappa shape index (κ1) is 15.5. The van der Waals surface area contributed by atoms with E-state index in [9.17, 15) is 14.7 Å². The molecule has 1 aromatic rings. The summed E-state index contributed by atoms with van der Waals surface area (Å²) in [7, 11) is 1.55. The maximum Gasteiger partial charge on any atom is 0.326 e. The number of aliphatic carboxylic acids is 1. The molecule has 0 saturated carbocycles. The zero-order chi connectivity index (χ0) is 15.4. The van der Waals surface area contributed by atoms with Gasteiger partial charge in [-0.05, 0) is 17.5 Å². The quantitative estimate of drug-likeness (QED) is 0.892. The number of amides is 1. The first-order valence-corrected chi connectivity index (χ1v) is 7.18. The summed E-state index contributed by atoms with van der Waals surface area (Å²) >= 11 is 0.